The Bertz CT molecular complexity index is 1300. The molecule has 1 saturated carbocycles. The first kappa shape index (κ1) is 21.1. The Morgan fingerprint density at radius 1 is 1.19 bits per heavy atom. The fraction of sp³-hybridized carbons (Fsp3) is 0.409. The number of anilines is 1. The first-order valence-corrected chi connectivity index (χ1v) is 10.00. The van der Waals surface area contributed by atoms with E-state index in [1.54, 1.807) is 23.8 Å². The summed E-state index contributed by atoms with van der Waals surface area (Å²) in [5.41, 5.74) is -1.04. The molecule has 2 aromatic heterocycles. The molecule has 4 rings (SSSR count). The molecule has 1 aliphatic rings. The molecule has 2 heterocycles. The fourth-order valence-electron chi connectivity index (χ4n) is 3.99. The lowest BCUT2D eigenvalue weighted by Gasteiger charge is -2.22. The molecule has 31 heavy (non-hydrogen) atoms. The van der Waals surface area contributed by atoms with E-state index in [4.69, 9.17) is 0 Å². The molecule has 164 valence electrons. The van der Waals surface area contributed by atoms with E-state index in [-0.39, 0.29) is 22.0 Å². The maximum Gasteiger partial charge on any atom is 0.416 e. The summed E-state index contributed by atoms with van der Waals surface area (Å²) in [6.07, 6.45) is -1.09. The second-order valence-corrected chi connectivity index (χ2v) is 8.47. The smallest absolute Gasteiger partial charge is 0.362 e. The molecule has 1 aromatic carbocycles. The fourth-order valence-corrected chi connectivity index (χ4v) is 3.99. The quantitative estimate of drug-likeness (QED) is 0.674. The molecule has 0 aliphatic heterocycles. The first-order valence-electron chi connectivity index (χ1n) is 10.00. The monoisotopic (exact) mass is 432 g/mol. The van der Waals surface area contributed by atoms with Crippen molar-refractivity contribution < 1.29 is 13.2 Å². The molecule has 0 amide bonds. The molecule has 0 radical (unpaired) electrons. The molecule has 1 N–H and O–H groups in total. The summed E-state index contributed by atoms with van der Waals surface area (Å²) in [5, 5.41) is 8.14. The molecule has 9 heteroatoms. The van der Waals surface area contributed by atoms with Gasteiger partial charge in [-0.2, -0.15) is 18.3 Å². The summed E-state index contributed by atoms with van der Waals surface area (Å²) in [5.74, 6) is 0.333. The van der Waals surface area contributed by atoms with Crippen molar-refractivity contribution in [2.24, 2.45) is 7.05 Å². The van der Waals surface area contributed by atoms with Crippen LogP contribution in [0.15, 0.2) is 40.1 Å². The van der Waals surface area contributed by atoms with Crippen molar-refractivity contribution in [1.82, 2.24) is 14.3 Å². The number of hydrogen-bond donors (Lipinski definition) is 1. The summed E-state index contributed by atoms with van der Waals surface area (Å²) in [6.45, 7) is 5.14. The summed E-state index contributed by atoms with van der Waals surface area (Å²) < 4.78 is 42.7. The van der Waals surface area contributed by atoms with Gasteiger partial charge in [0.05, 0.1) is 17.0 Å². The highest BCUT2D eigenvalue weighted by Crippen LogP contribution is 2.42. The zero-order valence-electron chi connectivity index (χ0n) is 17.7. The van der Waals surface area contributed by atoms with Crippen LogP contribution >= 0.6 is 0 Å². The number of nitrogens with zero attached hydrogens (tertiary/aromatic N) is 3. The van der Waals surface area contributed by atoms with E-state index < -0.39 is 23.3 Å². The molecule has 0 saturated heterocycles. The average molecular weight is 432 g/mol. The Balaban J connectivity index is 1.83. The Morgan fingerprint density at radius 2 is 1.87 bits per heavy atom. The SMILES string of the molecule is Cc1c([C@@H](C)Nc2nn(C)c(=O)c3cc(=O)n(C4(C)CC4)cc23)cccc1C(F)(F)F. The molecule has 0 unspecified atom stereocenters. The van der Waals surface area contributed by atoms with Gasteiger partial charge in [-0.3, -0.25) is 9.59 Å². The Labute approximate surface area is 176 Å². The second-order valence-electron chi connectivity index (χ2n) is 8.47. The van der Waals surface area contributed by atoms with Crippen molar-refractivity contribution in [2.75, 3.05) is 5.32 Å². The van der Waals surface area contributed by atoms with Crippen LogP contribution < -0.4 is 16.4 Å². The molecule has 3 aromatic rings. The van der Waals surface area contributed by atoms with Crippen molar-refractivity contribution in [1.29, 1.82) is 0 Å². The van der Waals surface area contributed by atoms with E-state index in [1.165, 1.54) is 26.1 Å². The Morgan fingerprint density at radius 3 is 2.48 bits per heavy atom. The van der Waals surface area contributed by atoms with Gasteiger partial charge in [-0.05, 0) is 50.8 Å². The van der Waals surface area contributed by atoms with Crippen LogP contribution in [0, 0.1) is 6.92 Å². The van der Waals surface area contributed by atoms with Crippen molar-refractivity contribution in [2.45, 2.75) is 51.4 Å². The standard InChI is InChI=1S/C22H23F3N4O2/c1-12-14(6-5-7-17(12)22(23,24)25)13(2)26-19-16-11-29(21(3)8-9-21)18(30)10-15(16)20(31)28(4)27-19/h5-7,10-11,13H,8-9H2,1-4H3,(H,26,27)/t13-/m1/s1. The lowest BCUT2D eigenvalue weighted by atomic mass is 9.97. The van der Waals surface area contributed by atoms with Crippen LogP contribution in [-0.2, 0) is 18.8 Å². The van der Waals surface area contributed by atoms with Crippen LogP contribution in [0.4, 0.5) is 19.0 Å². The third-order valence-corrected chi connectivity index (χ3v) is 6.14. The molecule has 0 bridgehead atoms. The van der Waals surface area contributed by atoms with E-state index in [1.807, 2.05) is 6.92 Å². The third-order valence-electron chi connectivity index (χ3n) is 6.14. The Kier molecular flexibility index (Phi) is 4.75. The number of benzene rings is 1. The van der Waals surface area contributed by atoms with Crippen LogP contribution in [0.1, 0.15) is 49.4 Å². The number of fused-ring (bicyclic) bond motifs is 1. The van der Waals surface area contributed by atoms with Crippen LogP contribution in [0.25, 0.3) is 10.8 Å². The minimum atomic E-state index is -4.45. The van der Waals surface area contributed by atoms with E-state index in [2.05, 4.69) is 10.4 Å². The van der Waals surface area contributed by atoms with Gasteiger partial charge < -0.3 is 9.88 Å². The summed E-state index contributed by atoms with van der Waals surface area (Å²) in [6, 6.07) is 4.86. The number of halogens is 3. The molecule has 1 fully saturated rings. The van der Waals surface area contributed by atoms with E-state index in [0.29, 0.717) is 16.8 Å². The first-order chi connectivity index (χ1) is 14.4. The number of rotatable bonds is 4. The minimum Gasteiger partial charge on any atom is -0.362 e. The highest BCUT2D eigenvalue weighted by atomic mass is 19.4. The summed E-state index contributed by atoms with van der Waals surface area (Å²) >= 11 is 0. The van der Waals surface area contributed by atoms with Crippen LogP contribution in [0.5, 0.6) is 0 Å². The van der Waals surface area contributed by atoms with Gasteiger partial charge in [0.1, 0.15) is 0 Å². The van der Waals surface area contributed by atoms with Crippen LogP contribution in [0.3, 0.4) is 0 Å². The third kappa shape index (κ3) is 3.62. The minimum absolute atomic E-state index is 0.131. The van der Waals surface area contributed by atoms with Gasteiger partial charge in [-0.1, -0.05) is 12.1 Å². The highest BCUT2D eigenvalue weighted by molar-refractivity contribution is 5.90. The van der Waals surface area contributed by atoms with Gasteiger partial charge >= 0.3 is 6.18 Å². The van der Waals surface area contributed by atoms with Crippen LogP contribution in [0.2, 0.25) is 0 Å². The second kappa shape index (κ2) is 6.96. The van der Waals surface area contributed by atoms with Crippen molar-refractivity contribution in [3.63, 3.8) is 0 Å². The van der Waals surface area contributed by atoms with Crippen molar-refractivity contribution in [3.8, 4) is 0 Å². The largest absolute Gasteiger partial charge is 0.416 e. The number of aryl methyl sites for hydroxylation is 1. The number of pyridine rings is 1. The number of nitrogens with one attached hydrogen (secondary N) is 1. The van der Waals surface area contributed by atoms with E-state index in [9.17, 15) is 22.8 Å². The normalized spacial score (nSPS) is 16.4. The topological polar surface area (TPSA) is 68.9 Å². The van der Waals surface area contributed by atoms with Gasteiger partial charge in [-0.25, -0.2) is 4.68 Å². The van der Waals surface area contributed by atoms with E-state index in [0.717, 1.165) is 23.6 Å². The number of hydrogen-bond acceptors (Lipinski definition) is 4. The molecule has 1 aliphatic carbocycles. The lowest BCUT2D eigenvalue weighted by Crippen LogP contribution is -2.30. The molecule has 0 spiro atoms. The maximum atomic E-state index is 13.3. The van der Waals surface area contributed by atoms with Gasteiger partial charge in [0.25, 0.3) is 11.1 Å². The Hall–Kier alpha value is -3.10. The highest BCUT2D eigenvalue weighted by Gasteiger charge is 2.40. The van der Waals surface area contributed by atoms with Gasteiger partial charge in [0.2, 0.25) is 0 Å². The van der Waals surface area contributed by atoms with Crippen LogP contribution in [-0.4, -0.2) is 14.3 Å². The average Bonchev–Trinajstić information content (AvgIpc) is 3.43. The van der Waals surface area contributed by atoms with Gasteiger partial charge in [-0.15, -0.1) is 0 Å². The van der Waals surface area contributed by atoms with Crippen molar-refractivity contribution >= 4 is 16.6 Å². The molecule has 1 atom stereocenters. The van der Waals surface area contributed by atoms with Gasteiger partial charge in [0.15, 0.2) is 5.82 Å². The zero-order chi connectivity index (χ0) is 22.7. The zero-order valence-corrected chi connectivity index (χ0v) is 17.7. The van der Waals surface area contributed by atoms with Crippen molar-refractivity contribution in [3.05, 3.63) is 67.9 Å². The lowest BCUT2D eigenvalue weighted by molar-refractivity contribution is -0.138. The molecular weight excluding hydrogens is 409 g/mol. The maximum absolute atomic E-state index is 13.3. The summed E-state index contributed by atoms with van der Waals surface area (Å²) in [4.78, 5) is 25.2. The van der Waals surface area contributed by atoms with Gasteiger partial charge in [0, 0.05) is 30.2 Å². The summed E-state index contributed by atoms with van der Waals surface area (Å²) in [7, 11) is 1.47. The molecular formula is C22H23F3N4O2. The predicted molar refractivity (Wildman–Crippen MR) is 112 cm³/mol. The number of alkyl halides is 3. The number of aromatic nitrogens is 3. The predicted octanol–water partition coefficient (Wildman–Crippen LogP) is 4.10. The molecule has 6 nitrogen and oxygen atoms in total. The van der Waals surface area contributed by atoms with E-state index >= 15 is 0 Å².